The Morgan fingerprint density at radius 3 is 2.48 bits per heavy atom. The number of likely N-dealkylation sites (N-methyl/N-ethyl adjacent to an activating group) is 1. The predicted molar refractivity (Wildman–Crippen MR) is 126 cm³/mol. The average Bonchev–Trinajstić information content (AvgIpc) is 2.71. The molecular weight excluding hydrogens is 410 g/mol. The Bertz CT molecular complexity index is 732. The lowest BCUT2D eigenvalue weighted by molar-refractivity contribution is -0.145. The molecule has 1 rings (SSSR count). The van der Waals surface area contributed by atoms with Crippen LogP contribution in [0, 0.1) is 5.92 Å². The number of hydrogen-bond acceptors (Lipinski definition) is 5. The Morgan fingerprint density at radius 1 is 1.23 bits per heavy atom. The Hall–Kier alpha value is -2.35. The number of benzene rings is 1. The Kier molecular flexibility index (Phi) is 11.9. The maximum atomic E-state index is 12.3. The first-order valence-corrected chi connectivity index (χ1v) is 14.6. The molecule has 0 radical (unpaired) electrons. The third kappa shape index (κ3) is 11.6. The van der Waals surface area contributed by atoms with Crippen molar-refractivity contribution in [2.45, 2.75) is 64.0 Å². The van der Waals surface area contributed by atoms with Crippen LogP contribution in [0.25, 0.3) is 10.4 Å². The summed E-state index contributed by atoms with van der Waals surface area (Å²) in [6, 6.07) is 9.58. The second-order valence-electron chi connectivity index (χ2n) is 9.14. The van der Waals surface area contributed by atoms with Gasteiger partial charge in [0.05, 0.1) is 12.6 Å². The fraction of sp³-hybridized carbons (Fsp3) is 0.636. The molecule has 172 valence electrons. The third-order valence-corrected chi connectivity index (χ3v) is 6.76. The number of nitrogens with one attached hydrogen (secondary N) is 2. The molecule has 1 aromatic rings. The van der Waals surface area contributed by atoms with E-state index < -0.39 is 20.1 Å². The molecule has 0 aliphatic rings. The number of rotatable bonds is 14. The Balaban J connectivity index is 2.53. The van der Waals surface area contributed by atoms with Crippen LogP contribution in [-0.2, 0) is 20.7 Å². The van der Waals surface area contributed by atoms with Crippen LogP contribution >= 0.6 is 0 Å². The van der Waals surface area contributed by atoms with Gasteiger partial charge in [-0.2, -0.15) is 0 Å². The van der Waals surface area contributed by atoms with Gasteiger partial charge in [0.25, 0.3) is 0 Å². The van der Waals surface area contributed by atoms with E-state index in [9.17, 15) is 9.59 Å². The molecule has 2 N–H and O–H groups in total. The van der Waals surface area contributed by atoms with Crippen molar-refractivity contribution in [1.29, 1.82) is 0 Å². The molecule has 1 amide bonds. The van der Waals surface area contributed by atoms with Crippen LogP contribution in [0.3, 0.4) is 0 Å². The highest BCUT2D eigenvalue weighted by atomic mass is 28.3. The highest BCUT2D eigenvalue weighted by Gasteiger charge is 2.23. The van der Waals surface area contributed by atoms with Gasteiger partial charge < -0.3 is 15.4 Å². The van der Waals surface area contributed by atoms with Crippen molar-refractivity contribution in [3.63, 3.8) is 0 Å². The molecule has 0 aromatic heterocycles. The molecule has 0 saturated heterocycles. The zero-order chi connectivity index (χ0) is 23.3. The van der Waals surface area contributed by atoms with E-state index >= 15 is 0 Å². The van der Waals surface area contributed by atoms with E-state index in [1.807, 2.05) is 37.3 Å². The highest BCUT2D eigenvalue weighted by Crippen LogP contribution is 2.16. The SMILES string of the molecule is CNC(=O)[C@H](Cc1ccccc1)NCCC(C)C[C@H](N=[N+]=[N-])C(=O)OCC[Si](C)(C)C. The number of amides is 1. The van der Waals surface area contributed by atoms with Gasteiger partial charge in [0.2, 0.25) is 5.91 Å². The number of ether oxygens (including phenoxy) is 1. The summed E-state index contributed by atoms with van der Waals surface area (Å²) in [6.45, 7) is 9.62. The maximum Gasteiger partial charge on any atom is 0.314 e. The minimum absolute atomic E-state index is 0.0607. The van der Waals surface area contributed by atoms with E-state index in [-0.39, 0.29) is 17.9 Å². The van der Waals surface area contributed by atoms with Crippen LogP contribution in [-0.4, -0.2) is 52.2 Å². The molecule has 0 fully saturated rings. The Morgan fingerprint density at radius 2 is 1.90 bits per heavy atom. The standard InChI is InChI=1S/C22H37N5O3Si/c1-17(15-20(26-27-23)22(29)30-13-14-31(3,4)5)11-12-25-19(21(28)24-2)16-18-9-7-6-8-10-18/h6-10,17,19-20,25H,11-16H2,1-5H3,(H,24,28)/t17?,19-,20-/m0/s1. The fourth-order valence-electron chi connectivity index (χ4n) is 3.09. The van der Waals surface area contributed by atoms with E-state index in [1.54, 1.807) is 7.05 Å². The first-order valence-electron chi connectivity index (χ1n) is 10.9. The van der Waals surface area contributed by atoms with Crippen molar-refractivity contribution in [1.82, 2.24) is 10.6 Å². The van der Waals surface area contributed by atoms with Gasteiger partial charge in [0, 0.05) is 20.0 Å². The van der Waals surface area contributed by atoms with E-state index in [2.05, 4.69) is 40.3 Å². The molecule has 1 aromatic carbocycles. The van der Waals surface area contributed by atoms with E-state index in [1.165, 1.54) is 0 Å². The second kappa shape index (κ2) is 13.9. The van der Waals surface area contributed by atoms with Crippen molar-refractivity contribution in [3.05, 3.63) is 46.3 Å². The zero-order valence-electron chi connectivity index (χ0n) is 19.4. The quantitative estimate of drug-likeness (QED) is 0.148. The van der Waals surface area contributed by atoms with Gasteiger partial charge in [-0.25, -0.2) is 0 Å². The van der Waals surface area contributed by atoms with Crippen molar-refractivity contribution in [2.75, 3.05) is 20.2 Å². The molecule has 0 spiro atoms. The van der Waals surface area contributed by atoms with Gasteiger partial charge in [-0.3, -0.25) is 9.59 Å². The average molecular weight is 448 g/mol. The first kappa shape index (κ1) is 26.7. The molecule has 31 heavy (non-hydrogen) atoms. The van der Waals surface area contributed by atoms with Gasteiger partial charge in [-0.05, 0) is 48.9 Å². The smallest absolute Gasteiger partial charge is 0.314 e. The van der Waals surface area contributed by atoms with Crippen molar-refractivity contribution < 1.29 is 14.3 Å². The monoisotopic (exact) mass is 447 g/mol. The summed E-state index contributed by atoms with van der Waals surface area (Å²) in [7, 11) is 0.328. The number of esters is 1. The molecule has 0 aliphatic carbocycles. The van der Waals surface area contributed by atoms with E-state index in [4.69, 9.17) is 10.3 Å². The number of carbonyl (C=O) groups excluding carboxylic acids is 2. The first-order chi connectivity index (χ1) is 14.7. The summed E-state index contributed by atoms with van der Waals surface area (Å²) in [5.74, 6) is -0.396. The summed E-state index contributed by atoms with van der Waals surface area (Å²) >= 11 is 0. The van der Waals surface area contributed by atoms with Gasteiger partial charge in [0.1, 0.15) is 6.04 Å². The van der Waals surface area contributed by atoms with Crippen LogP contribution in [0.2, 0.25) is 25.7 Å². The second-order valence-corrected chi connectivity index (χ2v) is 14.8. The molecule has 0 bridgehead atoms. The molecule has 1 unspecified atom stereocenters. The zero-order valence-corrected chi connectivity index (χ0v) is 20.4. The Labute approximate surface area is 186 Å². The van der Waals surface area contributed by atoms with Crippen LogP contribution < -0.4 is 10.6 Å². The van der Waals surface area contributed by atoms with Crippen LogP contribution in [0.5, 0.6) is 0 Å². The molecule has 9 heteroatoms. The van der Waals surface area contributed by atoms with E-state index in [0.717, 1.165) is 18.0 Å². The molecule has 8 nitrogen and oxygen atoms in total. The van der Waals surface area contributed by atoms with Gasteiger partial charge in [-0.15, -0.1) is 0 Å². The number of hydrogen-bond donors (Lipinski definition) is 2. The molecular formula is C22H37N5O3Si. The lowest BCUT2D eigenvalue weighted by atomic mass is 9.98. The topological polar surface area (TPSA) is 116 Å². The lowest BCUT2D eigenvalue weighted by Gasteiger charge is -2.21. The molecule has 0 saturated carbocycles. The number of carbonyl (C=O) groups is 2. The third-order valence-electron chi connectivity index (χ3n) is 5.06. The van der Waals surface area contributed by atoms with Gasteiger partial charge >= 0.3 is 5.97 Å². The summed E-state index contributed by atoms with van der Waals surface area (Å²) in [5, 5.41) is 9.66. The lowest BCUT2D eigenvalue weighted by Crippen LogP contribution is -2.45. The van der Waals surface area contributed by atoms with E-state index in [0.29, 0.717) is 26.0 Å². The van der Waals surface area contributed by atoms with Crippen molar-refractivity contribution in [3.8, 4) is 0 Å². The van der Waals surface area contributed by atoms with Crippen molar-refractivity contribution in [2.24, 2.45) is 11.0 Å². The summed E-state index contributed by atoms with van der Waals surface area (Å²) in [4.78, 5) is 27.4. The largest absolute Gasteiger partial charge is 0.466 e. The minimum atomic E-state index is -1.30. The number of azide groups is 1. The summed E-state index contributed by atoms with van der Waals surface area (Å²) in [5.41, 5.74) is 9.92. The molecule has 0 heterocycles. The molecule has 0 aliphatic heterocycles. The normalized spacial score (nSPS) is 14.1. The summed E-state index contributed by atoms with van der Waals surface area (Å²) in [6.07, 6.45) is 1.75. The number of nitrogens with zero attached hydrogens (tertiary/aromatic N) is 3. The van der Waals surface area contributed by atoms with Gasteiger partial charge in [0.15, 0.2) is 0 Å². The van der Waals surface area contributed by atoms with Crippen molar-refractivity contribution >= 4 is 20.0 Å². The minimum Gasteiger partial charge on any atom is -0.466 e. The van der Waals surface area contributed by atoms with Crippen LogP contribution in [0.4, 0.5) is 0 Å². The highest BCUT2D eigenvalue weighted by molar-refractivity contribution is 6.76. The fourth-order valence-corrected chi connectivity index (χ4v) is 3.81. The van der Waals surface area contributed by atoms with Crippen LogP contribution in [0.1, 0.15) is 25.3 Å². The molecule has 3 atom stereocenters. The summed E-state index contributed by atoms with van der Waals surface area (Å²) < 4.78 is 5.35. The maximum absolute atomic E-state index is 12.3. The van der Waals surface area contributed by atoms with Gasteiger partial charge in [-0.1, -0.05) is 62.0 Å². The van der Waals surface area contributed by atoms with Crippen LogP contribution in [0.15, 0.2) is 35.4 Å². The predicted octanol–water partition coefficient (Wildman–Crippen LogP) is 3.91.